The van der Waals surface area contributed by atoms with E-state index in [4.69, 9.17) is 33.1 Å². The molecule has 2 atom stereocenters. The number of carbonyl (C=O) groups excluding carboxylic acids is 1. The van der Waals surface area contributed by atoms with Crippen LogP contribution in [0.4, 0.5) is 0 Å². The molecule has 0 fully saturated rings. The van der Waals surface area contributed by atoms with Crippen molar-refractivity contribution < 1.29 is 27.9 Å². The number of ether oxygens (including phenoxy) is 1. The summed E-state index contributed by atoms with van der Waals surface area (Å²) in [6.07, 6.45) is 2.47. The highest BCUT2D eigenvalue weighted by Crippen LogP contribution is 2.57. The number of rotatable bonds is 7. The number of carbonyl (C=O) groups is 2. The van der Waals surface area contributed by atoms with Crippen molar-refractivity contribution in [2.24, 2.45) is 10.6 Å². The Balaban J connectivity index is 1.99. The number of fused-ring (bicyclic) bond motifs is 3. The lowest BCUT2D eigenvalue weighted by atomic mass is 9.71. The van der Waals surface area contributed by atoms with Crippen LogP contribution in [0.1, 0.15) is 43.7 Å². The van der Waals surface area contributed by atoms with Crippen molar-refractivity contribution in [3.8, 4) is 5.75 Å². The summed E-state index contributed by atoms with van der Waals surface area (Å²) in [6.45, 7) is 2.05. The number of carboxylic acid groups (broad SMARTS) is 1. The van der Waals surface area contributed by atoms with E-state index < -0.39 is 27.8 Å². The standard InChI is InChI=1S/C19H21Cl2NO6S/c1-2-19-5-3-11(23)8-12(19)15-10(9-19)7-14(16(20)17(15)21)28-13(18(24)25)4-6-29(22,26)27/h7-8,13H,2-6,9H2,1H3,(H,24,25)(H2,22,26,27). The van der Waals surface area contributed by atoms with Crippen LogP contribution in [0.5, 0.6) is 5.75 Å². The number of hydrogen-bond acceptors (Lipinski definition) is 5. The van der Waals surface area contributed by atoms with Crippen molar-refractivity contribution in [1.82, 2.24) is 0 Å². The molecule has 0 bridgehead atoms. The fourth-order valence-electron chi connectivity index (χ4n) is 4.09. The Morgan fingerprint density at radius 3 is 2.66 bits per heavy atom. The van der Waals surface area contributed by atoms with Gasteiger partial charge in [-0.3, -0.25) is 4.79 Å². The minimum Gasteiger partial charge on any atom is -0.479 e. The van der Waals surface area contributed by atoms with E-state index in [1.807, 2.05) is 0 Å². The van der Waals surface area contributed by atoms with Crippen LogP contribution in [-0.4, -0.2) is 37.1 Å². The van der Waals surface area contributed by atoms with Crippen LogP contribution in [0, 0.1) is 5.41 Å². The molecule has 2 unspecified atom stereocenters. The molecule has 1 aromatic carbocycles. The summed E-state index contributed by atoms with van der Waals surface area (Å²) in [5.41, 5.74) is 2.19. The first-order valence-electron chi connectivity index (χ1n) is 9.13. The van der Waals surface area contributed by atoms with Crippen LogP contribution in [0.15, 0.2) is 12.1 Å². The van der Waals surface area contributed by atoms with Gasteiger partial charge >= 0.3 is 5.97 Å². The van der Waals surface area contributed by atoms with Gasteiger partial charge in [0.25, 0.3) is 0 Å². The fraction of sp³-hybridized carbons (Fsp3) is 0.474. The number of allylic oxidation sites excluding steroid dienone is 2. The van der Waals surface area contributed by atoms with E-state index >= 15 is 0 Å². The van der Waals surface area contributed by atoms with Gasteiger partial charge in [0.15, 0.2) is 11.9 Å². The summed E-state index contributed by atoms with van der Waals surface area (Å²) >= 11 is 12.9. The van der Waals surface area contributed by atoms with Crippen molar-refractivity contribution in [3.05, 3.63) is 33.3 Å². The SMILES string of the molecule is CCC12CCC(=O)C=C1c1c(cc(OC(CCS(N)(=O)=O)C(=O)O)c(Cl)c1Cl)C2. The zero-order valence-corrected chi connectivity index (χ0v) is 18.0. The van der Waals surface area contributed by atoms with Crippen LogP contribution in [0.25, 0.3) is 5.57 Å². The highest BCUT2D eigenvalue weighted by atomic mass is 35.5. The van der Waals surface area contributed by atoms with Gasteiger partial charge in [-0.25, -0.2) is 18.4 Å². The molecule has 3 N–H and O–H groups in total. The summed E-state index contributed by atoms with van der Waals surface area (Å²) in [4.78, 5) is 23.5. The number of sulfonamides is 1. The zero-order chi connectivity index (χ0) is 21.6. The summed E-state index contributed by atoms with van der Waals surface area (Å²) in [5.74, 6) is -1.78. The van der Waals surface area contributed by atoms with E-state index in [0.29, 0.717) is 24.8 Å². The monoisotopic (exact) mass is 461 g/mol. The van der Waals surface area contributed by atoms with Crippen molar-refractivity contribution in [2.45, 2.75) is 45.1 Å². The largest absolute Gasteiger partial charge is 0.479 e. The Labute approximate surface area is 178 Å². The lowest BCUT2D eigenvalue weighted by molar-refractivity contribution is -0.145. The number of carboxylic acids is 1. The smallest absolute Gasteiger partial charge is 0.344 e. The van der Waals surface area contributed by atoms with Crippen LogP contribution in [0.2, 0.25) is 10.0 Å². The molecule has 2 aliphatic rings. The summed E-state index contributed by atoms with van der Waals surface area (Å²) in [5, 5.41) is 14.6. The predicted octanol–water partition coefficient (Wildman–Crippen LogP) is 3.20. The van der Waals surface area contributed by atoms with Crippen LogP contribution in [0.3, 0.4) is 0 Å². The summed E-state index contributed by atoms with van der Waals surface area (Å²) in [7, 11) is -3.85. The maximum absolute atomic E-state index is 12.0. The lowest BCUT2D eigenvalue weighted by Crippen LogP contribution is -2.31. The van der Waals surface area contributed by atoms with Gasteiger partial charge in [0.05, 0.1) is 10.8 Å². The molecule has 29 heavy (non-hydrogen) atoms. The molecule has 0 aliphatic heterocycles. The maximum atomic E-state index is 12.0. The van der Waals surface area contributed by atoms with Crippen molar-refractivity contribution in [2.75, 3.05) is 5.75 Å². The number of aliphatic carboxylic acids is 1. The van der Waals surface area contributed by atoms with Gasteiger partial charge in [-0.15, -0.1) is 0 Å². The van der Waals surface area contributed by atoms with Crippen LogP contribution in [-0.2, 0) is 26.0 Å². The average Bonchev–Trinajstić information content (AvgIpc) is 2.95. The molecule has 3 rings (SSSR count). The second kappa shape index (κ2) is 7.91. The van der Waals surface area contributed by atoms with Crippen LogP contribution >= 0.6 is 23.2 Å². The van der Waals surface area contributed by atoms with Gasteiger partial charge in [-0.2, -0.15) is 0 Å². The highest BCUT2D eigenvalue weighted by Gasteiger charge is 2.45. The molecule has 0 saturated heterocycles. The van der Waals surface area contributed by atoms with E-state index in [2.05, 4.69) is 6.92 Å². The quantitative estimate of drug-likeness (QED) is 0.642. The average molecular weight is 462 g/mol. The number of hydrogen-bond donors (Lipinski definition) is 2. The van der Waals surface area contributed by atoms with Gasteiger partial charge in [-0.05, 0) is 42.5 Å². The number of nitrogens with two attached hydrogens (primary N) is 1. The Bertz CT molecular complexity index is 1020. The first-order chi connectivity index (χ1) is 13.5. The Hall–Kier alpha value is -1.61. The van der Waals surface area contributed by atoms with Gasteiger partial charge in [-0.1, -0.05) is 30.1 Å². The number of ketones is 1. The Morgan fingerprint density at radius 2 is 2.07 bits per heavy atom. The fourth-order valence-corrected chi connectivity index (χ4v) is 5.14. The predicted molar refractivity (Wildman–Crippen MR) is 110 cm³/mol. The van der Waals surface area contributed by atoms with Crippen molar-refractivity contribution in [1.29, 1.82) is 0 Å². The van der Waals surface area contributed by atoms with Crippen molar-refractivity contribution >= 4 is 50.6 Å². The van der Waals surface area contributed by atoms with Gasteiger partial charge in [0.1, 0.15) is 10.8 Å². The van der Waals surface area contributed by atoms with E-state index in [1.54, 1.807) is 12.1 Å². The minimum absolute atomic E-state index is 0.0260. The van der Waals surface area contributed by atoms with Crippen molar-refractivity contribution in [3.63, 3.8) is 0 Å². The zero-order valence-electron chi connectivity index (χ0n) is 15.7. The molecule has 0 heterocycles. The Kier molecular flexibility index (Phi) is 6.02. The molecule has 0 aromatic heterocycles. The third-order valence-corrected chi connectivity index (χ3v) is 7.32. The number of benzene rings is 1. The second-order valence-electron chi connectivity index (χ2n) is 7.47. The molecule has 0 amide bonds. The number of halogens is 2. The summed E-state index contributed by atoms with van der Waals surface area (Å²) in [6, 6.07) is 1.64. The topological polar surface area (TPSA) is 124 Å². The molecule has 2 aliphatic carbocycles. The summed E-state index contributed by atoms with van der Waals surface area (Å²) < 4.78 is 27.9. The molecular formula is C19H21Cl2NO6S. The van der Waals surface area contributed by atoms with Gasteiger partial charge < -0.3 is 9.84 Å². The lowest BCUT2D eigenvalue weighted by Gasteiger charge is -2.32. The van der Waals surface area contributed by atoms with Gasteiger partial charge in [0, 0.05) is 23.8 Å². The Morgan fingerprint density at radius 1 is 1.38 bits per heavy atom. The third kappa shape index (κ3) is 4.30. The molecule has 1 aromatic rings. The van der Waals surface area contributed by atoms with Crippen LogP contribution < -0.4 is 9.88 Å². The van der Waals surface area contributed by atoms with Gasteiger partial charge in [0.2, 0.25) is 10.0 Å². The minimum atomic E-state index is -3.85. The van der Waals surface area contributed by atoms with E-state index in [0.717, 1.165) is 17.6 Å². The molecule has 7 nitrogen and oxygen atoms in total. The first kappa shape index (κ1) is 22.1. The molecule has 10 heteroatoms. The highest BCUT2D eigenvalue weighted by molar-refractivity contribution is 7.89. The first-order valence-corrected chi connectivity index (χ1v) is 11.6. The maximum Gasteiger partial charge on any atom is 0.344 e. The van der Waals surface area contributed by atoms with E-state index in [1.165, 1.54) is 0 Å². The molecule has 158 valence electrons. The molecular weight excluding hydrogens is 441 g/mol. The second-order valence-corrected chi connectivity index (χ2v) is 9.96. The third-order valence-electron chi connectivity index (χ3n) is 5.67. The normalized spacial score (nSPS) is 21.9. The van der Waals surface area contributed by atoms with E-state index in [9.17, 15) is 23.1 Å². The molecule has 0 spiro atoms. The molecule has 0 radical (unpaired) electrons. The molecule has 0 saturated carbocycles. The van der Waals surface area contributed by atoms with E-state index in [-0.39, 0.29) is 33.4 Å². The number of primary sulfonamides is 1.